The van der Waals surface area contributed by atoms with E-state index in [9.17, 15) is 32.3 Å². The van der Waals surface area contributed by atoms with Gasteiger partial charge in [0.25, 0.3) is 11.8 Å². The Morgan fingerprint density at radius 3 is 2.45 bits per heavy atom. The highest BCUT2D eigenvalue weighted by molar-refractivity contribution is 5.97. The Bertz CT molecular complexity index is 1260. The molecule has 0 radical (unpaired) electrons. The lowest BCUT2D eigenvalue weighted by Crippen LogP contribution is -2.47. The number of amides is 2. The number of ether oxygens (including phenoxy) is 2. The Labute approximate surface area is 214 Å². The molecule has 2 aromatic rings. The highest BCUT2D eigenvalue weighted by Gasteiger charge is 2.66. The fourth-order valence-electron chi connectivity index (χ4n) is 4.98. The third-order valence-electron chi connectivity index (χ3n) is 7.27. The van der Waals surface area contributed by atoms with Gasteiger partial charge in [0.05, 0.1) is 5.60 Å². The number of nitrogens with one attached hydrogen (secondary N) is 1. The Balaban J connectivity index is 1.75. The number of hydrogen-bond donors (Lipinski definition) is 3. The molecule has 4 N–H and O–H groups in total. The van der Waals surface area contributed by atoms with Gasteiger partial charge in [0, 0.05) is 42.1 Å². The summed E-state index contributed by atoms with van der Waals surface area (Å²) in [5.41, 5.74) is 0.892. The minimum atomic E-state index is -4.93. The number of aliphatic hydroxyl groups is 1. The average Bonchev–Trinajstić information content (AvgIpc) is 3.08. The molecule has 2 amide bonds. The van der Waals surface area contributed by atoms with Gasteiger partial charge >= 0.3 is 6.18 Å². The molecule has 13 heteroatoms. The minimum Gasteiger partial charge on any atom is -0.487 e. The number of alkyl halides is 3. The van der Waals surface area contributed by atoms with E-state index in [0.29, 0.717) is 0 Å². The van der Waals surface area contributed by atoms with Gasteiger partial charge in [-0.15, -0.1) is 0 Å². The van der Waals surface area contributed by atoms with Crippen molar-refractivity contribution in [3.05, 3.63) is 53.4 Å². The van der Waals surface area contributed by atoms with E-state index in [1.165, 1.54) is 26.1 Å². The summed E-state index contributed by atoms with van der Waals surface area (Å²) < 4.78 is 82.7. The first-order valence-corrected chi connectivity index (χ1v) is 11.7. The van der Waals surface area contributed by atoms with Crippen LogP contribution in [-0.2, 0) is 9.53 Å². The number of nitrogens with two attached hydrogens (primary N) is 1. The summed E-state index contributed by atoms with van der Waals surface area (Å²) in [6.45, 7) is 3.50. The highest BCUT2D eigenvalue weighted by atomic mass is 19.4. The third kappa shape index (κ3) is 4.92. The summed E-state index contributed by atoms with van der Waals surface area (Å²) in [7, 11) is 0. The van der Waals surface area contributed by atoms with Crippen LogP contribution in [0.15, 0.2) is 30.5 Å². The number of carbonyl (C=O) groups excluding carboxylic acids is 2. The number of benzene rings is 1. The lowest BCUT2D eigenvalue weighted by Gasteiger charge is -2.41. The van der Waals surface area contributed by atoms with Crippen molar-refractivity contribution in [1.29, 1.82) is 0 Å². The van der Waals surface area contributed by atoms with Crippen molar-refractivity contribution >= 4 is 17.5 Å². The molecule has 1 aliphatic carbocycles. The molecule has 1 aromatic carbocycles. The van der Waals surface area contributed by atoms with Gasteiger partial charge in [-0.1, -0.05) is 13.0 Å². The fraction of sp³-hybridized carbons (Fsp3) is 0.480. The van der Waals surface area contributed by atoms with Crippen LogP contribution in [0.25, 0.3) is 0 Å². The molecule has 206 valence electrons. The highest BCUT2D eigenvalue weighted by Crippen LogP contribution is 2.55. The Kier molecular flexibility index (Phi) is 6.89. The molecule has 1 saturated carbocycles. The number of rotatable bonds is 6. The largest absolute Gasteiger partial charge is 0.487 e. The zero-order chi connectivity index (χ0) is 28.2. The summed E-state index contributed by atoms with van der Waals surface area (Å²) in [6.07, 6.45) is -6.12. The van der Waals surface area contributed by atoms with Crippen molar-refractivity contribution in [2.24, 2.45) is 11.7 Å². The Morgan fingerprint density at radius 2 is 1.87 bits per heavy atom. The van der Waals surface area contributed by atoms with Crippen LogP contribution in [0.5, 0.6) is 5.75 Å². The molecule has 8 nitrogen and oxygen atoms in total. The number of halogens is 5. The molecule has 4 atom stereocenters. The van der Waals surface area contributed by atoms with Crippen molar-refractivity contribution in [2.75, 3.05) is 5.32 Å². The molecule has 0 unspecified atom stereocenters. The van der Waals surface area contributed by atoms with Crippen LogP contribution in [0.1, 0.15) is 55.6 Å². The number of nitrogens with zero attached hydrogens (tertiary/aromatic N) is 1. The normalized spacial score (nSPS) is 31.0. The van der Waals surface area contributed by atoms with E-state index >= 15 is 4.39 Å². The van der Waals surface area contributed by atoms with Crippen LogP contribution < -0.4 is 15.8 Å². The van der Waals surface area contributed by atoms with E-state index in [0.717, 1.165) is 25.1 Å². The molecular formula is C25H26F5N3O5. The van der Waals surface area contributed by atoms with Gasteiger partial charge in [0.15, 0.2) is 17.2 Å². The number of carbonyl (C=O) groups is 2. The van der Waals surface area contributed by atoms with Gasteiger partial charge in [0.1, 0.15) is 17.9 Å². The lowest BCUT2D eigenvalue weighted by molar-refractivity contribution is -0.272. The van der Waals surface area contributed by atoms with Crippen LogP contribution in [0.3, 0.4) is 0 Å². The smallest absolute Gasteiger partial charge is 0.417 e. The number of aromatic nitrogens is 1. The second-order valence-corrected chi connectivity index (χ2v) is 10.2. The first kappa shape index (κ1) is 27.7. The van der Waals surface area contributed by atoms with Crippen molar-refractivity contribution in [3.8, 4) is 5.75 Å². The molecule has 0 bridgehead atoms. The number of primary amides is 1. The van der Waals surface area contributed by atoms with Crippen molar-refractivity contribution < 1.29 is 46.1 Å². The summed E-state index contributed by atoms with van der Waals surface area (Å²) in [4.78, 5) is 28.5. The third-order valence-corrected chi connectivity index (χ3v) is 7.27. The molecule has 0 spiro atoms. The molecular weight excluding hydrogens is 517 g/mol. The van der Waals surface area contributed by atoms with E-state index < -0.39 is 70.6 Å². The number of hydrogen-bond acceptors (Lipinski definition) is 6. The second kappa shape index (κ2) is 9.45. The van der Waals surface area contributed by atoms with Gasteiger partial charge in [-0.2, -0.15) is 17.6 Å². The van der Waals surface area contributed by atoms with Crippen molar-refractivity contribution in [2.45, 2.75) is 69.1 Å². The lowest BCUT2D eigenvalue weighted by atomic mass is 9.76. The summed E-state index contributed by atoms with van der Waals surface area (Å²) in [5, 5.41) is 12.4. The fourth-order valence-corrected chi connectivity index (χ4v) is 4.98. The van der Waals surface area contributed by atoms with Crippen molar-refractivity contribution in [1.82, 2.24) is 4.98 Å². The van der Waals surface area contributed by atoms with Gasteiger partial charge in [-0.3, -0.25) is 14.6 Å². The maximum atomic E-state index is 15.0. The molecule has 2 fully saturated rings. The predicted octanol–water partition coefficient (Wildman–Crippen LogP) is 3.83. The topological polar surface area (TPSA) is 124 Å². The zero-order valence-electron chi connectivity index (χ0n) is 20.6. The van der Waals surface area contributed by atoms with Gasteiger partial charge in [0.2, 0.25) is 5.82 Å². The van der Waals surface area contributed by atoms with Crippen LogP contribution in [-0.4, -0.2) is 51.5 Å². The van der Waals surface area contributed by atoms with E-state index in [1.807, 2.05) is 0 Å². The van der Waals surface area contributed by atoms with Crippen LogP contribution in [0, 0.1) is 17.6 Å². The van der Waals surface area contributed by atoms with Crippen LogP contribution >= 0.6 is 0 Å². The van der Waals surface area contributed by atoms with Crippen molar-refractivity contribution in [3.63, 3.8) is 0 Å². The minimum absolute atomic E-state index is 0.00729. The predicted molar refractivity (Wildman–Crippen MR) is 123 cm³/mol. The molecule has 1 aromatic heterocycles. The molecule has 1 aliphatic heterocycles. The van der Waals surface area contributed by atoms with E-state index in [4.69, 9.17) is 15.2 Å². The molecule has 2 aliphatic rings. The van der Waals surface area contributed by atoms with Crippen LogP contribution in [0.4, 0.5) is 27.6 Å². The van der Waals surface area contributed by atoms with E-state index in [-0.39, 0.29) is 29.8 Å². The second-order valence-electron chi connectivity index (χ2n) is 10.2. The quantitative estimate of drug-likeness (QED) is 0.476. The molecule has 2 heterocycles. The zero-order valence-corrected chi connectivity index (χ0v) is 20.6. The van der Waals surface area contributed by atoms with Crippen LogP contribution in [0.2, 0.25) is 0 Å². The molecule has 4 rings (SSSR count). The summed E-state index contributed by atoms with van der Waals surface area (Å²) >= 11 is 0. The van der Waals surface area contributed by atoms with Gasteiger partial charge in [-0.05, 0) is 32.0 Å². The Hall–Kier alpha value is -3.32. The standard InChI is InChI=1S/C25H26F5N3O5/c1-11-17(14-4-5-15(26)18(27)19(14)37-13-9-23(2,36)10-13)20(38-24(11,3)25(28,29)30)22(35)33-12-6-7-32-16(8-12)21(31)34/h4-8,11,13,17,20,36H,9-10H2,1-3H3,(H2,31,34)(H,32,33,35)/t11-,13?,17-,20+,23?,24+/m0/s1. The van der Waals surface area contributed by atoms with E-state index in [1.54, 1.807) is 0 Å². The van der Waals surface area contributed by atoms with E-state index in [2.05, 4.69) is 10.3 Å². The molecule has 38 heavy (non-hydrogen) atoms. The first-order chi connectivity index (χ1) is 17.5. The SMILES string of the molecule is C[C@H]1[C@@H](c2ccc(F)c(F)c2OC2CC(C)(O)C2)[C@H](C(=O)Nc2ccnc(C(N)=O)c2)O[C@@]1(C)C(F)(F)F. The average molecular weight is 543 g/mol. The first-order valence-electron chi connectivity index (χ1n) is 11.7. The Morgan fingerprint density at radius 1 is 1.21 bits per heavy atom. The maximum Gasteiger partial charge on any atom is 0.417 e. The number of pyridine rings is 1. The summed E-state index contributed by atoms with van der Waals surface area (Å²) in [5.74, 6) is -8.17. The van der Waals surface area contributed by atoms with Gasteiger partial charge < -0.3 is 25.6 Å². The summed E-state index contributed by atoms with van der Waals surface area (Å²) in [6, 6.07) is 4.22. The molecule has 1 saturated heterocycles. The monoisotopic (exact) mass is 543 g/mol. The maximum absolute atomic E-state index is 15.0. The van der Waals surface area contributed by atoms with Gasteiger partial charge in [-0.25, -0.2) is 4.39 Å². The number of anilines is 1.